The zero-order valence-electron chi connectivity index (χ0n) is 18.2. The summed E-state index contributed by atoms with van der Waals surface area (Å²) in [5.41, 5.74) is 2.64. The predicted octanol–water partition coefficient (Wildman–Crippen LogP) is 3.32. The maximum atomic E-state index is 12.2. The van der Waals surface area contributed by atoms with Gasteiger partial charge in [-0.05, 0) is 61.2 Å². The number of aryl methyl sites for hydroxylation is 1. The van der Waals surface area contributed by atoms with E-state index in [2.05, 4.69) is 10.6 Å². The maximum absolute atomic E-state index is 12.2. The molecule has 0 spiro atoms. The van der Waals surface area contributed by atoms with Crippen molar-refractivity contribution in [2.45, 2.75) is 31.8 Å². The van der Waals surface area contributed by atoms with Crippen molar-refractivity contribution < 1.29 is 19.1 Å². The lowest BCUT2D eigenvalue weighted by Gasteiger charge is -2.12. The Morgan fingerprint density at radius 3 is 2.42 bits per heavy atom. The van der Waals surface area contributed by atoms with E-state index in [1.54, 1.807) is 19.0 Å². The Morgan fingerprint density at radius 1 is 1.06 bits per heavy atom. The molecule has 2 aromatic carbocycles. The molecule has 0 aromatic heterocycles. The third kappa shape index (κ3) is 7.61. The van der Waals surface area contributed by atoms with Gasteiger partial charge in [0.15, 0.2) is 0 Å². The highest BCUT2D eigenvalue weighted by atomic mass is 16.5. The lowest BCUT2D eigenvalue weighted by molar-refractivity contribution is -0.128. The second-order valence-electron chi connectivity index (χ2n) is 7.86. The molecule has 1 heterocycles. The summed E-state index contributed by atoms with van der Waals surface area (Å²) in [7, 11) is 3.51. The van der Waals surface area contributed by atoms with Crippen molar-refractivity contribution in [3.05, 3.63) is 54.1 Å². The fraction of sp³-hybridized carbons (Fsp3) is 0.417. The lowest BCUT2D eigenvalue weighted by atomic mass is 10.1. The summed E-state index contributed by atoms with van der Waals surface area (Å²) >= 11 is 0. The van der Waals surface area contributed by atoms with Gasteiger partial charge in [-0.1, -0.05) is 12.1 Å². The average molecular weight is 426 g/mol. The van der Waals surface area contributed by atoms with Gasteiger partial charge in [-0.2, -0.15) is 0 Å². The van der Waals surface area contributed by atoms with Crippen molar-refractivity contribution in [1.29, 1.82) is 0 Å². The molecule has 0 saturated carbocycles. The molecule has 166 valence electrons. The summed E-state index contributed by atoms with van der Waals surface area (Å²) in [5, 5.41) is 5.98. The van der Waals surface area contributed by atoms with E-state index in [0.717, 1.165) is 42.1 Å². The number of carbonyl (C=O) groups excluding carboxylic acids is 2. The first-order chi connectivity index (χ1) is 15.0. The van der Waals surface area contributed by atoms with Crippen molar-refractivity contribution in [1.82, 2.24) is 4.90 Å². The van der Waals surface area contributed by atoms with Gasteiger partial charge in [-0.15, -0.1) is 0 Å². The van der Waals surface area contributed by atoms with E-state index >= 15 is 0 Å². The number of anilines is 2. The van der Waals surface area contributed by atoms with E-state index in [1.165, 1.54) is 0 Å². The van der Waals surface area contributed by atoms with Crippen LogP contribution in [-0.4, -0.2) is 56.7 Å². The quantitative estimate of drug-likeness (QED) is 0.611. The molecular weight excluding hydrogens is 394 g/mol. The van der Waals surface area contributed by atoms with Crippen LogP contribution in [0.4, 0.5) is 11.4 Å². The Kier molecular flexibility index (Phi) is 8.29. The Bertz CT molecular complexity index is 844. The van der Waals surface area contributed by atoms with Crippen LogP contribution in [0.1, 0.15) is 24.8 Å². The molecule has 2 aromatic rings. The smallest absolute Gasteiger partial charge is 0.243 e. The molecule has 1 aliphatic heterocycles. The molecule has 1 unspecified atom stereocenters. The van der Waals surface area contributed by atoms with Crippen molar-refractivity contribution >= 4 is 23.2 Å². The fourth-order valence-electron chi connectivity index (χ4n) is 3.25. The van der Waals surface area contributed by atoms with Gasteiger partial charge in [-0.3, -0.25) is 9.59 Å². The monoisotopic (exact) mass is 425 g/mol. The summed E-state index contributed by atoms with van der Waals surface area (Å²) < 4.78 is 11.3. The standard InChI is InChI=1S/C24H31N3O4/c1-27(2)24(29)14-7-18-5-8-20(9-6-18)26-23(28)16-25-19-10-12-21(13-11-19)31-17-22-4-3-15-30-22/h5-6,8-13,22,25H,3-4,7,14-17H2,1-2H3,(H,26,28). The molecule has 7 nitrogen and oxygen atoms in total. The fourth-order valence-corrected chi connectivity index (χ4v) is 3.25. The zero-order chi connectivity index (χ0) is 22.1. The van der Waals surface area contributed by atoms with Gasteiger partial charge in [0.05, 0.1) is 12.6 Å². The number of carbonyl (C=O) groups is 2. The lowest BCUT2D eigenvalue weighted by Crippen LogP contribution is -2.22. The third-order valence-corrected chi connectivity index (χ3v) is 5.13. The minimum atomic E-state index is -0.130. The van der Waals surface area contributed by atoms with Gasteiger partial charge in [-0.25, -0.2) is 0 Å². The Morgan fingerprint density at radius 2 is 1.77 bits per heavy atom. The van der Waals surface area contributed by atoms with Gasteiger partial charge in [0.25, 0.3) is 0 Å². The number of ether oxygens (including phenoxy) is 2. The number of nitrogens with zero attached hydrogens (tertiary/aromatic N) is 1. The van der Waals surface area contributed by atoms with Crippen molar-refractivity contribution in [3.8, 4) is 5.75 Å². The van der Waals surface area contributed by atoms with E-state index in [0.29, 0.717) is 19.4 Å². The SMILES string of the molecule is CN(C)C(=O)CCc1ccc(NC(=O)CNc2ccc(OCC3CCCO3)cc2)cc1. The number of hydrogen-bond donors (Lipinski definition) is 2. The predicted molar refractivity (Wildman–Crippen MR) is 121 cm³/mol. The van der Waals surface area contributed by atoms with Crippen LogP contribution in [0, 0.1) is 0 Å². The van der Waals surface area contributed by atoms with Crippen LogP contribution in [0.15, 0.2) is 48.5 Å². The molecule has 1 fully saturated rings. The molecule has 1 saturated heterocycles. The van der Waals surface area contributed by atoms with Gasteiger partial charge >= 0.3 is 0 Å². The molecule has 31 heavy (non-hydrogen) atoms. The molecule has 1 atom stereocenters. The minimum absolute atomic E-state index is 0.103. The molecule has 0 radical (unpaired) electrons. The van der Waals surface area contributed by atoms with Gasteiger partial charge in [0, 0.05) is 38.5 Å². The van der Waals surface area contributed by atoms with E-state index in [4.69, 9.17) is 9.47 Å². The first kappa shape index (κ1) is 22.6. The first-order valence-electron chi connectivity index (χ1n) is 10.7. The summed E-state index contributed by atoms with van der Waals surface area (Å²) in [4.78, 5) is 25.5. The second-order valence-corrected chi connectivity index (χ2v) is 7.86. The number of nitrogens with one attached hydrogen (secondary N) is 2. The molecule has 0 bridgehead atoms. The molecule has 3 rings (SSSR count). The summed E-state index contributed by atoms with van der Waals surface area (Å²) in [6.45, 7) is 1.55. The highest BCUT2D eigenvalue weighted by Gasteiger charge is 2.15. The van der Waals surface area contributed by atoms with E-state index in [1.807, 2.05) is 48.5 Å². The minimum Gasteiger partial charge on any atom is -0.491 e. The van der Waals surface area contributed by atoms with Crippen LogP contribution < -0.4 is 15.4 Å². The average Bonchev–Trinajstić information content (AvgIpc) is 3.30. The molecule has 0 aliphatic carbocycles. The van der Waals surface area contributed by atoms with Crippen molar-refractivity contribution in [2.75, 3.05) is 44.5 Å². The van der Waals surface area contributed by atoms with Crippen LogP contribution >= 0.6 is 0 Å². The van der Waals surface area contributed by atoms with Crippen LogP contribution in [0.3, 0.4) is 0 Å². The third-order valence-electron chi connectivity index (χ3n) is 5.13. The normalized spacial score (nSPS) is 15.4. The van der Waals surface area contributed by atoms with E-state index < -0.39 is 0 Å². The van der Waals surface area contributed by atoms with Crippen molar-refractivity contribution in [2.24, 2.45) is 0 Å². The summed E-state index contributed by atoms with van der Waals surface area (Å²) in [5.74, 6) is 0.762. The van der Waals surface area contributed by atoms with Crippen LogP contribution in [0.2, 0.25) is 0 Å². The molecule has 2 amide bonds. The second kappa shape index (κ2) is 11.4. The molecule has 1 aliphatic rings. The highest BCUT2D eigenvalue weighted by molar-refractivity contribution is 5.93. The van der Waals surface area contributed by atoms with E-state index in [9.17, 15) is 9.59 Å². The largest absolute Gasteiger partial charge is 0.491 e. The Labute approximate surface area is 183 Å². The number of rotatable bonds is 10. The van der Waals surface area contributed by atoms with Gasteiger partial charge in [0.1, 0.15) is 12.4 Å². The summed E-state index contributed by atoms with van der Waals surface area (Å²) in [6, 6.07) is 15.1. The topological polar surface area (TPSA) is 79.9 Å². The molecule has 2 N–H and O–H groups in total. The number of hydrogen-bond acceptors (Lipinski definition) is 5. The number of amides is 2. The Hall–Kier alpha value is -3.06. The van der Waals surface area contributed by atoms with Crippen LogP contribution in [0.25, 0.3) is 0 Å². The number of benzene rings is 2. The molecular formula is C24H31N3O4. The van der Waals surface area contributed by atoms with Gasteiger partial charge < -0.3 is 25.0 Å². The van der Waals surface area contributed by atoms with Crippen molar-refractivity contribution in [3.63, 3.8) is 0 Å². The van der Waals surface area contributed by atoms with Gasteiger partial charge in [0.2, 0.25) is 11.8 Å². The van der Waals surface area contributed by atoms with E-state index in [-0.39, 0.29) is 24.5 Å². The maximum Gasteiger partial charge on any atom is 0.243 e. The molecule has 7 heteroatoms. The van der Waals surface area contributed by atoms with Crippen LogP contribution in [-0.2, 0) is 20.7 Å². The first-order valence-corrected chi connectivity index (χ1v) is 10.7. The Balaban J connectivity index is 1.37. The van der Waals surface area contributed by atoms with Crippen LogP contribution in [0.5, 0.6) is 5.75 Å². The zero-order valence-corrected chi connectivity index (χ0v) is 18.2. The highest BCUT2D eigenvalue weighted by Crippen LogP contribution is 2.18. The summed E-state index contributed by atoms with van der Waals surface area (Å²) in [6.07, 6.45) is 3.49.